The van der Waals surface area contributed by atoms with Crippen molar-refractivity contribution in [1.82, 2.24) is 0 Å². The Balaban J connectivity index is 1.54. The minimum absolute atomic E-state index is 0.150. The first-order valence-electron chi connectivity index (χ1n) is 11.3. The van der Waals surface area contributed by atoms with Crippen molar-refractivity contribution in [1.29, 1.82) is 0 Å². The molecule has 2 amide bonds. The van der Waals surface area contributed by atoms with Gasteiger partial charge >= 0.3 is 6.09 Å². The van der Waals surface area contributed by atoms with Crippen LogP contribution in [0.5, 0.6) is 0 Å². The maximum absolute atomic E-state index is 13.1. The zero-order valence-electron chi connectivity index (χ0n) is 20.2. The lowest BCUT2D eigenvalue weighted by atomic mass is 10.0. The minimum Gasteiger partial charge on any atom is -0.444 e. The molecule has 2 aromatic carbocycles. The highest BCUT2D eigenvalue weighted by atomic mass is 32.1. The Morgan fingerprint density at radius 1 is 1.09 bits per heavy atom. The van der Waals surface area contributed by atoms with E-state index < -0.39 is 19.4 Å². The van der Waals surface area contributed by atoms with Crippen molar-refractivity contribution >= 4 is 42.4 Å². The largest absolute Gasteiger partial charge is 0.444 e. The quantitative estimate of drug-likeness (QED) is 0.321. The Hall–Kier alpha value is -2.77. The molecule has 3 N–H and O–H groups in total. The highest BCUT2D eigenvalue weighted by Gasteiger charge is 2.43. The fourth-order valence-electron chi connectivity index (χ4n) is 3.77. The molecule has 0 bridgehead atoms. The summed E-state index contributed by atoms with van der Waals surface area (Å²) in [5.74, 6) is -0.307. The lowest BCUT2D eigenvalue weighted by molar-refractivity contribution is 0.0635. The van der Waals surface area contributed by atoms with Crippen LogP contribution in [-0.4, -0.2) is 35.3 Å². The zero-order valence-corrected chi connectivity index (χ0v) is 21.9. The van der Waals surface area contributed by atoms with E-state index in [-0.39, 0.29) is 12.0 Å². The molecule has 2 unspecified atom stereocenters. The number of ether oxygens (including phenoxy) is 1. The molecule has 35 heavy (non-hydrogen) atoms. The van der Waals surface area contributed by atoms with E-state index in [0.717, 1.165) is 22.4 Å². The van der Waals surface area contributed by atoms with Gasteiger partial charge in [0.15, 0.2) is 0 Å². The number of carbonyl (C=O) groups excluding carboxylic acids is 2. The van der Waals surface area contributed by atoms with Gasteiger partial charge in [-0.2, -0.15) is 4.52 Å². The van der Waals surface area contributed by atoms with E-state index in [9.17, 15) is 14.5 Å². The number of anilines is 2. The number of thiophene rings is 1. The highest BCUT2D eigenvalue weighted by molar-refractivity contribution is 7.65. The van der Waals surface area contributed by atoms with Crippen molar-refractivity contribution in [2.45, 2.75) is 38.9 Å². The van der Waals surface area contributed by atoms with Crippen molar-refractivity contribution in [2.24, 2.45) is 0 Å². The van der Waals surface area contributed by atoms with Crippen LogP contribution in [0.1, 0.15) is 49.2 Å². The fourth-order valence-corrected chi connectivity index (χ4v) is 6.09. The first kappa shape index (κ1) is 25.3. The van der Waals surface area contributed by atoms with Crippen LogP contribution in [0, 0.1) is 0 Å². The van der Waals surface area contributed by atoms with Crippen LogP contribution in [0.15, 0.2) is 60.0 Å². The van der Waals surface area contributed by atoms with Crippen LogP contribution in [0.3, 0.4) is 0 Å². The van der Waals surface area contributed by atoms with Gasteiger partial charge in [-0.25, -0.2) is 9.69 Å². The first-order chi connectivity index (χ1) is 16.5. The first-order valence-corrected chi connectivity index (χ1v) is 14.5. The number of hydrogen-bond acceptors (Lipinski definition) is 6. The van der Waals surface area contributed by atoms with Crippen molar-refractivity contribution in [3.63, 3.8) is 0 Å². The maximum Gasteiger partial charge on any atom is 0.412 e. The number of rotatable bonds is 5. The van der Waals surface area contributed by atoms with Gasteiger partial charge in [0, 0.05) is 16.9 Å². The third-order valence-corrected chi connectivity index (χ3v) is 8.13. The highest BCUT2D eigenvalue weighted by Crippen LogP contribution is 2.62. The Bertz CT molecular complexity index is 1200. The molecular weight excluding hydrogens is 483 g/mol. The second-order valence-corrected chi connectivity index (χ2v) is 13.3. The summed E-state index contributed by atoms with van der Waals surface area (Å²) in [4.78, 5) is 36.7. The summed E-state index contributed by atoms with van der Waals surface area (Å²) in [7, 11) is -2.27. The number of amides is 2. The molecule has 7 nitrogen and oxygen atoms in total. The average molecular weight is 514 g/mol. The summed E-state index contributed by atoms with van der Waals surface area (Å²) >= 11 is 1.59. The molecule has 4 rings (SSSR count). The summed E-state index contributed by atoms with van der Waals surface area (Å²) in [6.45, 7) is 7.14. The third kappa shape index (κ3) is 6.67. The maximum atomic E-state index is 13.1. The van der Waals surface area contributed by atoms with Gasteiger partial charge in [0.05, 0.1) is 11.4 Å². The van der Waals surface area contributed by atoms with Gasteiger partial charge in [0.25, 0.3) is 13.6 Å². The van der Waals surface area contributed by atoms with E-state index in [0.29, 0.717) is 23.1 Å². The zero-order chi connectivity index (χ0) is 25.2. The van der Waals surface area contributed by atoms with E-state index in [2.05, 4.69) is 10.6 Å². The van der Waals surface area contributed by atoms with Crippen LogP contribution in [0.2, 0.25) is 0 Å². The lowest BCUT2D eigenvalue weighted by Gasteiger charge is -2.21. The van der Waals surface area contributed by atoms with E-state index in [1.807, 2.05) is 41.8 Å². The Labute approximate surface area is 210 Å². The molecule has 1 saturated heterocycles. The molecule has 0 saturated carbocycles. The second-order valence-electron chi connectivity index (χ2n) is 9.60. The monoisotopic (exact) mass is 513 g/mol. The SMILES string of the molecule is CC(C)(C)OC(=O)Nc1ccc(-c2cccs2)cc1NC(=O)c1ccc(C2CC[P+](C)(O)O2)cc1. The Morgan fingerprint density at radius 3 is 2.43 bits per heavy atom. The molecule has 1 aliphatic rings. The van der Waals surface area contributed by atoms with Gasteiger partial charge in [-0.3, -0.25) is 10.1 Å². The number of benzene rings is 2. The average Bonchev–Trinajstić information content (AvgIpc) is 3.43. The van der Waals surface area contributed by atoms with E-state index >= 15 is 0 Å². The van der Waals surface area contributed by atoms with E-state index in [1.54, 1.807) is 57.0 Å². The third-order valence-electron chi connectivity index (χ3n) is 5.41. The molecule has 1 aliphatic heterocycles. The second kappa shape index (κ2) is 10.1. The normalized spacial score (nSPS) is 19.9. The molecule has 1 aromatic heterocycles. The molecule has 184 valence electrons. The van der Waals surface area contributed by atoms with Gasteiger partial charge in [0.1, 0.15) is 24.5 Å². The lowest BCUT2D eigenvalue weighted by Crippen LogP contribution is -2.27. The Morgan fingerprint density at radius 2 is 1.83 bits per heavy atom. The molecule has 9 heteroatoms. The topological polar surface area (TPSA) is 96.9 Å². The molecular formula is C26H30N2O5PS+. The summed E-state index contributed by atoms with van der Waals surface area (Å²) in [5, 5.41) is 7.65. The van der Waals surface area contributed by atoms with Crippen molar-refractivity contribution in [3.05, 3.63) is 71.1 Å². The van der Waals surface area contributed by atoms with Crippen LogP contribution < -0.4 is 10.6 Å². The van der Waals surface area contributed by atoms with Crippen molar-refractivity contribution < 1.29 is 23.7 Å². The van der Waals surface area contributed by atoms with E-state index in [1.165, 1.54) is 0 Å². The van der Waals surface area contributed by atoms with Crippen LogP contribution in [-0.2, 0) is 9.26 Å². The predicted octanol–water partition coefficient (Wildman–Crippen LogP) is 6.95. The summed E-state index contributed by atoms with van der Waals surface area (Å²) in [6, 6.07) is 16.6. The molecule has 0 aliphatic carbocycles. The van der Waals surface area contributed by atoms with Gasteiger partial charge < -0.3 is 10.1 Å². The predicted molar refractivity (Wildman–Crippen MR) is 142 cm³/mol. The smallest absolute Gasteiger partial charge is 0.412 e. The Kier molecular flexibility index (Phi) is 7.29. The minimum atomic E-state index is -2.27. The summed E-state index contributed by atoms with van der Waals surface area (Å²) in [6.07, 6.45) is 0.689. The van der Waals surface area contributed by atoms with Gasteiger partial charge in [-0.1, -0.05) is 24.3 Å². The molecule has 3 aromatic rings. The number of carbonyl (C=O) groups is 2. The fraction of sp³-hybridized carbons (Fsp3) is 0.308. The molecule has 1 fully saturated rings. The number of nitrogens with one attached hydrogen (secondary N) is 2. The van der Waals surface area contributed by atoms with Crippen molar-refractivity contribution in [3.8, 4) is 10.4 Å². The molecule has 0 spiro atoms. The van der Waals surface area contributed by atoms with Crippen molar-refractivity contribution in [2.75, 3.05) is 23.5 Å². The van der Waals surface area contributed by atoms with Gasteiger partial charge in [0.2, 0.25) is 0 Å². The van der Waals surface area contributed by atoms with Crippen LogP contribution in [0.25, 0.3) is 10.4 Å². The van der Waals surface area contributed by atoms with Crippen LogP contribution >= 0.6 is 19.1 Å². The van der Waals surface area contributed by atoms with E-state index in [4.69, 9.17) is 9.26 Å². The molecule has 2 atom stereocenters. The van der Waals surface area contributed by atoms with Gasteiger partial charge in [-0.05, 0) is 67.6 Å². The standard InChI is InChI=1S/C26H29N2O5PS/c1-26(2,3)32-25(30)28-20-12-11-19(23-6-5-15-35-23)16-21(20)27-24(29)18-9-7-17(8-10-18)22-13-14-34(4,31)33-22/h5-12,15-16,22,31H,13-14H2,1-4H3,(H-,27,28,29,30)/p+1. The molecule has 2 heterocycles. The number of hydrogen-bond donors (Lipinski definition) is 3. The summed E-state index contributed by atoms with van der Waals surface area (Å²) < 4.78 is 11.2. The summed E-state index contributed by atoms with van der Waals surface area (Å²) in [5.41, 5.74) is 2.59. The van der Waals surface area contributed by atoms with Crippen LogP contribution in [0.4, 0.5) is 16.2 Å². The molecule has 0 radical (unpaired) electrons. The van der Waals surface area contributed by atoms with Gasteiger partial charge in [-0.15, -0.1) is 11.3 Å².